The average Bonchev–Trinajstić information content (AvgIpc) is 3.16. The summed E-state index contributed by atoms with van der Waals surface area (Å²) in [6, 6.07) is 4.42. The summed E-state index contributed by atoms with van der Waals surface area (Å²) >= 11 is 6.34. The molecule has 1 aromatic carbocycles. The van der Waals surface area contributed by atoms with Crippen molar-refractivity contribution in [1.82, 2.24) is 14.9 Å². The van der Waals surface area contributed by atoms with Gasteiger partial charge in [0.1, 0.15) is 46.9 Å². The Bertz CT molecular complexity index is 1320. The highest BCUT2D eigenvalue weighted by atomic mass is 35.5. The average molecular weight is 564 g/mol. The van der Waals surface area contributed by atoms with Crippen molar-refractivity contribution >= 4 is 34.8 Å². The molecule has 0 saturated carbocycles. The summed E-state index contributed by atoms with van der Waals surface area (Å²) in [5, 5.41) is 0.730. The van der Waals surface area contributed by atoms with Gasteiger partial charge in [-0.2, -0.15) is 0 Å². The van der Waals surface area contributed by atoms with Crippen LogP contribution in [-0.4, -0.2) is 51.4 Å². The van der Waals surface area contributed by atoms with Crippen LogP contribution in [0.2, 0.25) is 5.02 Å². The quantitative estimate of drug-likeness (QED) is 0.320. The van der Waals surface area contributed by atoms with Crippen LogP contribution in [0, 0.1) is 12.7 Å². The lowest BCUT2D eigenvalue weighted by molar-refractivity contribution is -0.000742. The van der Waals surface area contributed by atoms with Crippen molar-refractivity contribution in [3.05, 3.63) is 52.6 Å². The number of aromatic nitrogens is 2. The number of hydrogen-bond acceptors (Lipinski definition) is 7. The van der Waals surface area contributed by atoms with Gasteiger partial charge in [-0.25, -0.2) is 23.9 Å². The fraction of sp³-hybridized carbons (Fsp3) is 0.464. The molecule has 9 nitrogen and oxygen atoms in total. The van der Waals surface area contributed by atoms with E-state index in [9.17, 15) is 14.0 Å². The van der Waals surface area contributed by atoms with Gasteiger partial charge in [-0.3, -0.25) is 0 Å². The number of ether oxygens (including phenoxy) is 4. The van der Waals surface area contributed by atoms with E-state index >= 15 is 0 Å². The number of carbonyl (C=O) groups is 2. The zero-order valence-corrected chi connectivity index (χ0v) is 24.2. The van der Waals surface area contributed by atoms with Gasteiger partial charge in [-0.05, 0) is 79.2 Å². The maximum atomic E-state index is 14.5. The van der Waals surface area contributed by atoms with Gasteiger partial charge in [0.15, 0.2) is 0 Å². The highest BCUT2D eigenvalue weighted by Gasteiger charge is 2.31. The van der Waals surface area contributed by atoms with E-state index in [2.05, 4.69) is 9.97 Å². The van der Waals surface area contributed by atoms with Gasteiger partial charge in [0.05, 0.1) is 23.3 Å². The monoisotopic (exact) mass is 563 g/mol. The molecule has 1 atom stereocenters. The molecule has 1 N–H and O–H groups in total. The lowest BCUT2D eigenvalue weighted by Gasteiger charge is -2.28. The second kappa shape index (κ2) is 11.7. The van der Waals surface area contributed by atoms with E-state index in [1.807, 2.05) is 19.2 Å². The molecule has 2 aromatic heterocycles. The molecule has 0 aliphatic heterocycles. The van der Waals surface area contributed by atoms with E-state index in [0.29, 0.717) is 5.75 Å². The first-order chi connectivity index (χ1) is 18.1. The number of aromatic amines is 1. The Balaban J connectivity index is 1.80. The number of hydrogen-bond donors (Lipinski definition) is 1. The molecule has 0 aliphatic rings. The number of imide groups is 1. The number of rotatable bonds is 7. The minimum Gasteiger partial charge on any atom is -0.491 e. The van der Waals surface area contributed by atoms with E-state index in [0.717, 1.165) is 21.5 Å². The highest BCUT2D eigenvalue weighted by Crippen LogP contribution is 2.37. The molecular formula is C28H35ClFN3O6. The van der Waals surface area contributed by atoms with Crippen molar-refractivity contribution in [1.29, 1.82) is 0 Å². The van der Waals surface area contributed by atoms with Crippen molar-refractivity contribution in [2.45, 2.75) is 72.7 Å². The number of nitrogens with zero attached hydrogens (tertiary/aromatic N) is 2. The number of H-pyrrole nitrogens is 1. The SMILES string of the molecule is Cc1c[nH]c2ncc(OC(C)c3c(OCCN(C(=O)OC(C)(C)C)C(=O)OC(C)(C)C)ccc(F)c3Cl)cc12. The van der Waals surface area contributed by atoms with Crippen LogP contribution in [0.4, 0.5) is 14.0 Å². The van der Waals surface area contributed by atoms with E-state index in [1.54, 1.807) is 54.7 Å². The summed E-state index contributed by atoms with van der Waals surface area (Å²) in [6.07, 6.45) is 0.921. The highest BCUT2D eigenvalue weighted by molar-refractivity contribution is 6.31. The summed E-state index contributed by atoms with van der Waals surface area (Å²) in [7, 11) is 0. The molecule has 1 unspecified atom stereocenters. The number of fused-ring (bicyclic) bond motifs is 1. The van der Waals surface area contributed by atoms with Crippen molar-refractivity contribution < 1.29 is 32.9 Å². The maximum absolute atomic E-state index is 14.5. The van der Waals surface area contributed by atoms with Crippen LogP contribution in [0.5, 0.6) is 11.5 Å². The second-order valence-electron chi connectivity index (χ2n) is 11.0. The van der Waals surface area contributed by atoms with Crippen molar-refractivity contribution in [2.24, 2.45) is 0 Å². The Kier molecular flexibility index (Phi) is 9.00. The minimum absolute atomic E-state index is 0.143. The number of carbonyl (C=O) groups excluding carboxylic acids is 2. The Labute approximate surface area is 232 Å². The zero-order chi connectivity index (χ0) is 29.1. The third kappa shape index (κ3) is 7.98. The molecule has 0 saturated heterocycles. The fourth-order valence-electron chi connectivity index (χ4n) is 3.63. The van der Waals surface area contributed by atoms with Crippen molar-refractivity contribution in [3.63, 3.8) is 0 Å². The largest absolute Gasteiger partial charge is 0.491 e. The Morgan fingerprint density at radius 3 is 2.31 bits per heavy atom. The summed E-state index contributed by atoms with van der Waals surface area (Å²) < 4.78 is 37.1. The third-order valence-electron chi connectivity index (χ3n) is 5.33. The molecule has 0 fully saturated rings. The normalized spacial score (nSPS) is 12.7. The predicted octanol–water partition coefficient (Wildman–Crippen LogP) is 7.35. The van der Waals surface area contributed by atoms with Gasteiger partial charge in [0, 0.05) is 11.6 Å². The smallest absolute Gasteiger partial charge is 0.419 e. The first-order valence-electron chi connectivity index (χ1n) is 12.5. The molecule has 3 aromatic rings. The molecule has 11 heteroatoms. The van der Waals surface area contributed by atoms with Crippen molar-refractivity contribution in [3.8, 4) is 11.5 Å². The van der Waals surface area contributed by atoms with Gasteiger partial charge in [-0.15, -0.1) is 0 Å². The first-order valence-corrected chi connectivity index (χ1v) is 12.9. The van der Waals surface area contributed by atoms with Gasteiger partial charge in [0.2, 0.25) is 0 Å². The number of pyridine rings is 1. The molecule has 0 radical (unpaired) electrons. The minimum atomic E-state index is -0.877. The maximum Gasteiger partial charge on any atom is 0.419 e. The van der Waals surface area contributed by atoms with Crippen LogP contribution < -0.4 is 9.47 Å². The number of nitrogens with one attached hydrogen (secondary N) is 1. The van der Waals surface area contributed by atoms with Gasteiger partial charge in [0.25, 0.3) is 0 Å². The summed E-state index contributed by atoms with van der Waals surface area (Å²) in [5.74, 6) is 0.0488. The van der Waals surface area contributed by atoms with Crippen LogP contribution in [0.25, 0.3) is 11.0 Å². The van der Waals surface area contributed by atoms with E-state index in [1.165, 1.54) is 12.1 Å². The number of amides is 2. The lowest BCUT2D eigenvalue weighted by Crippen LogP contribution is -2.45. The summed E-state index contributed by atoms with van der Waals surface area (Å²) in [5.41, 5.74) is 0.324. The van der Waals surface area contributed by atoms with Crippen molar-refractivity contribution in [2.75, 3.05) is 13.2 Å². The van der Waals surface area contributed by atoms with Crippen LogP contribution in [0.3, 0.4) is 0 Å². The van der Waals surface area contributed by atoms with E-state index in [-0.39, 0.29) is 29.5 Å². The topological polar surface area (TPSA) is 103 Å². The summed E-state index contributed by atoms with van der Waals surface area (Å²) in [6.45, 7) is 13.4. The molecular weight excluding hydrogens is 529 g/mol. The Morgan fingerprint density at radius 2 is 1.72 bits per heavy atom. The number of benzene rings is 1. The van der Waals surface area contributed by atoms with Crippen LogP contribution in [-0.2, 0) is 9.47 Å². The molecule has 212 valence electrons. The van der Waals surface area contributed by atoms with Crippen LogP contribution >= 0.6 is 11.6 Å². The molecule has 0 spiro atoms. The van der Waals surface area contributed by atoms with Gasteiger partial charge in [-0.1, -0.05) is 11.6 Å². The van der Waals surface area contributed by atoms with E-state index in [4.69, 9.17) is 30.5 Å². The Hall–Kier alpha value is -3.53. The molecule has 2 amide bonds. The fourth-order valence-corrected chi connectivity index (χ4v) is 3.94. The molecule has 0 bridgehead atoms. The van der Waals surface area contributed by atoms with Crippen LogP contribution in [0.1, 0.15) is 65.7 Å². The standard InChI is InChI=1S/C28H35ClFN3O6/c1-16-14-31-24-19(16)13-18(15-32-24)37-17(2)22-21(10-9-20(30)23(22)29)36-12-11-33(25(34)38-27(3,4)5)26(35)39-28(6,7)8/h9-10,13-15,17H,11-12H2,1-8H3,(H,31,32). The lowest BCUT2D eigenvalue weighted by atomic mass is 10.1. The van der Waals surface area contributed by atoms with Crippen LogP contribution in [0.15, 0.2) is 30.6 Å². The first kappa shape index (κ1) is 30.0. The Morgan fingerprint density at radius 1 is 1.10 bits per heavy atom. The number of halogens is 2. The van der Waals surface area contributed by atoms with Gasteiger partial charge >= 0.3 is 12.2 Å². The molecule has 2 heterocycles. The van der Waals surface area contributed by atoms with Gasteiger partial charge < -0.3 is 23.9 Å². The predicted molar refractivity (Wildman–Crippen MR) is 146 cm³/mol. The summed E-state index contributed by atoms with van der Waals surface area (Å²) in [4.78, 5) is 33.7. The second-order valence-corrected chi connectivity index (χ2v) is 11.4. The molecule has 39 heavy (non-hydrogen) atoms. The third-order valence-corrected chi connectivity index (χ3v) is 5.71. The van der Waals surface area contributed by atoms with E-state index < -0.39 is 35.3 Å². The number of aryl methyl sites for hydroxylation is 1. The zero-order valence-electron chi connectivity index (χ0n) is 23.5. The molecule has 0 aliphatic carbocycles. The molecule has 3 rings (SSSR count).